The van der Waals surface area contributed by atoms with Crippen LogP contribution in [-0.4, -0.2) is 35.9 Å². The van der Waals surface area contributed by atoms with Crippen molar-refractivity contribution in [2.45, 2.75) is 6.92 Å². The molecule has 0 aliphatic heterocycles. The summed E-state index contributed by atoms with van der Waals surface area (Å²) >= 11 is 0. The number of carbonyl (C=O) groups excluding carboxylic acids is 1. The quantitative estimate of drug-likeness (QED) is 0.532. The molecular formula is C14H12N6O. The van der Waals surface area contributed by atoms with E-state index >= 15 is 0 Å². The summed E-state index contributed by atoms with van der Waals surface area (Å²) in [6.07, 6.45) is 6.71. The van der Waals surface area contributed by atoms with Crippen LogP contribution >= 0.6 is 0 Å². The van der Waals surface area contributed by atoms with Gasteiger partial charge in [0.15, 0.2) is 0 Å². The van der Waals surface area contributed by atoms with Gasteiger partial charge in [-0.1, -0.05) is 0 Å². The second kappa shape index (κ2) is 5.49. The standard InChI is InChI=1S/C8H7N3O.C6H5N3/c1-6(12)11-8-3-2-4-9-7(8)5-10-11;1-2-5-6(7-3-1)4-8-9-5/h2-5H,1H3;1-4H,(H,8,9). The van der Waals surface area contributed by atoms with E-state index in [1.807, 2.05) is 18.2 Å². The van der Waals surface area contributed by atoms with E-state index in [0.29, 0.717) is 0 Å². The Morgan fingerprint density at radius 3 is 2.62 bits per heavy atom. The molecule has 7 nitrogen and oxygen atoms in total. The molecule has 4 heterocycles. The van der Waals surface area contributed by atoms with Gasteiger partial charge in [-0.3, -0.25) is 19.9 Å². The molecule has 0 fully saturated rings. The van der Waals surface area contributed by atoms with Gasteiger partial charge in [0.25, 0.3) is 0 Å². The van der Waals surface area contributed by atoms with Gasteiger partial charge in [-0.25, -0.2) is 0 Å². The first kappa shape index (κ1) is 12.9. The van der Waals surface area contributed by atoms with Gasteiger partial charge in [-0.15, -0.1) is 0 Å². The molecule has 0 bridgehead atoms. The highest BCUT2D eigenvalue weighted by Crippen LogP contribution is 2.08. The first-order chi connectivity index (χ1) is 10.3. The lowest BCUT2D eigenvalue weighted by Crippen LogP contribution is -2.06. The van der Waals surface area contributed by atoms with Crippen LogP contribution in [0.1, 0.15) is 11.7 Å². The maximum Gasteiger partial charge on any atom is 0.244 e. The molecule has 4 aromatic rings. The van der Waals surface area contributed by atoms with E-state index in [0.717, 1.165) is 22.1 Å². The molecule has 0 saturated heterocycles. The SMILES string of the molecule is CC(=O)n1ncc2ncccc21.c1cnc2cn[nH]c2c1. The number of hydrogen-bond donors (Lipinski definition) is 1. The molecule has 0 aliphatic rings. The summed E-state index contributed by atoms with van der Waals surface area (Å²) in [6.45, 7) is 1.47. The first-order valence-corrected chi connectivity index (χ1v) is 6.29. The molecule has 0 spiro atoms. The molecule has 0 amide bonds. The fourth-order valence-electron chi connectivity index (χ4n) is 1.89. The number of H-pyrrole nitrogens is 1. The first-order valence-electron chi connectivity index (χ1n) is 6.29. The molecule has 0 radical (unpaired) electrons. The van der Waals surface area contributed by atoms with Crippen LogP contribution in [0.5, 0.6) is 0 Å². The average Bonchev–Trinajstić information content (AvgIpc) is 3.14. The van der Waals surface area contributed by atoms with Crippen LogP contribution in [0, 0.1) is 0 Å². The Morgan fingerprint density at radius 1 is 1.10 bits per heavy atom. The molecule has 104 valence electrons. The van der Waals surface area contributed by atoms with Crippen molar-refractivity contribution in [1.82, 2.24) is 29.9 Å². The van der Waals surface area contributed by atoms with E-state index < -0.39 is 0 Å². The highest BCUT2D eigenvalue weighted by atomic mass is 16.2. The zero-order valence-corrected chi connectivity index (χ0v) is 11.3. The molecular weight excluding hydrogens is 268 g/mol. The van der Waals surface area contributed by atoms with Gasteiger partial charge in [-0.2, -0.15) is 14.9 Å². The zero-order chi connectivity index (χ0) is 14.7. The van der Waals surface area contributed by atoms with Gasteiger partial charge in [0.05, 0.1) is 23.4 Å². The normalized spacial score (nSPS) is 10.3. The molecule has 0 aromatic carbocycles. The maximum absolute atomic E-state index is 11.0. The molecule has 4 rings (SSSR count). The van der Waals surface area contributed by atoms with Crippen molar-refractivity contribution in [2.24, 2.45) is 0 Å². The third-order valence-electron chi connectivity index (χ3n) is 2.85. The van der Waals surface area contributed by atoms with Crippen LogP contribution in [0.25, 0.3) is 22.1 Å². The van der Waals surface area contributed by atoms with Gasteiger partial charge in [0.2, 0.25) is 5.91 Å². The fraction of sp³-hybridized carbons (Fsp3) is 0.0714. The van der Waals surface area contributed by atoms with E-state index in [-0.39, 0.29) is 5.91 Å². The number of carbonyl (C=O) groups is 1. The van der Waals surface area contributed by atoms with E-state index in [2.05, 4.69) is 25.3 Å². The fourth-order valence-corrected chi connectivity index (χ4v) is 1.89. The second-order valence-corrected chi connectivity index (χ2v) is 4.29. The van der Waals surface area contributed by atoms with Crippen LogP contribution in [0.15, 0.2) is 49.1 Å². The number of aromatic nitrogens is 6. The monoisotopic (exact) mass is 280 g/mol. The van der Waals surface area contributed by atoms with Crippen LogP contribution in [0.4, 0.5) is 0 Å². The van der Waals surface area contributed by atoms with Gasteiger partial charge in [-0.05, 0) is 24.3 Å². The largest absolute Gasteiger partial charge is 0.276 e. The van der Waals surface area contributed by atoms with Crippen LogP contribution in [-0.2, 0) is 0 Å². The van der Waals surface area contributed by atoms with Crippen molar-refractivity contribution in [2.75, 3.05) is 0 Å². The Bertz CT molecular complexity index is 864. The average molecular weight is 280 g/mol. The van der Waals surface area contributed by atoms with Crippen molar-refractivity contribution >= 4 is 28.0 Å². The van der Waals surface area contributed by atoms with Crippen molar-refractivity contribution in [3.63, 3.8) is 0 Å². The number of hydrogen-bond acceptors (Lipinski definition) is 5. The third-order valence-corrected chi connectivity index (χ3v) is 2.85. The number of nitrogens with zero attached hydrogens (tertiary/aromatic N) is 5. The predicted molar refractivity (Wildman–Crippen MR) is 77.7 cm³/mol. The summed E-state index contributed by atoms with van der Waals surface area (Å²) in [5.41, 5.74) is 3.40. The van der Waals surface area contributed by atoms with E-state index in [1.165, 1.54) is 11.6 Å². The molecule has 0 atom stereocenters. The van der Waals surface area contributed by atoms with E-state index in [4.69, 9.17) is 0 Å². The summed E-state index contributed by atoms with van der Waals surface area (Å²) in [5, 5.41) is 10.5. The minimum Gasteiger partial charge on any atom is -0.276 e. The summed E-state index contributed by atoms with van der Waals surface area (Å²) in [5.74, 6) is -0.0991. The minimum absolute atomic E-state index is 0.0991. The van der Waals surface area contributed by atoms with Gasteiger partial charge >= 0.3 is 0 Å². The van der Waals surface area contributed by atoms with Crippen molar-refractivity contribution in [1.29, 1.82) is 0 Å². The number of fused-ring (bicyclic) bond motifs is 2. The molecule has 4 aromatic heterocycles. The molecule has 7 heteroatoms. The van der Waals surface area contributed by atoms with E-state index in [1.54, 1.807) is 30.9 Å². The van der Waals surface area contributed by atoms with Gasteiger partial charge in [0, 0.05) is 19.3 Å². The Morgan fingerprint density at radius 2 is 1.86 bits per heavy atom. The van der Waals surface area contributed by atoms with E-state index in [9.17, 15) is 4.79 Å². The molecule has 1 N–H and O–H groups in total. The van der Waals surface area contributed by atoms with Crippen LogP contribution in [0.3, 0.4) is 0 Å². The maximum atomic E-state index is 11.0. The smallest absolute Gasteiger partial charge is 0.244 e. The van der Waals surface area contributed by atoms with Gasteiger partial charge < -0.3 is 0 Å². The second-order valence-electron chi connectivity index (χ2n) is 4.29. The number of rotatable bonds is 0. The molecule has 21 heavy (non-hydrogen) atoms. The Labute approximate surface area is 119 Å². The summed E-state index contributed by atoms with van der Waals surface area (Å²) in [7, 11) is 0. The Balaban J connectivity index is 0.000000131. The lowest BCUT2D eigenvalue weighted by Gasteiger charge is -1.94. The van der Waals surface area contributed by atoms with Crippen molar-refractivity contribution < 1.29 is 4.79 Å². The number of nitrogens with one attached hydrogen (secondary N) is 1. The lowest BCUT2D eigenvalue weighted by atomic mass is 10.4. The highest BCUT2D eigenvalue weighted by molar-refractivity contribution is 5.87. The highest BCUT2D eigenvalue weighted by Gasteiger charge is 2.04. The Kier molecular flexibility index (Phi) is 3.38. The van der Waals surface area contributed by atoms with Crippen molar-refractivity contribution in [3.05, 3.63) is 49.1 Å². The number of aromatic amines is 1. The topological polar surface area (TPSA) is 89.3 Å². The number of pyridine rings is 2. The summed E-state index contributed by atoms with van der Waals surface area (Å²) < 4.78 is 1.34. The zero-order valence-electron chi connectivity index (χ0n) is 11.3. The lowest BCUT2D eigenvalue weighted by molar-refractivity contribution is 0.0927. The molecule has 0 unspecified atom stereocenters. The summed E-state index contributed by atoms with van der Waals surface area (Å²) in [6, 6.07) is 7.41. The summed E-state index contributed by atoms with van der Waals surface area (Å²) in [4.78, 5) is 19.1. The van der Waals surface area contributed by atoms with Crippen molar-refractivity contribution in [3.8, 4) is 0 Å². The Hall–Kier alpha value is -3.09. The van der Waals surface area contributed by atoms with Crippen LogP contribution in [0.2, 0.25) is 0 Å². The minimum atomic E-state index is -0.0991. The molecule has 0 saturated carbocycles. The predicted octanol–water partition coefficient (Wildman–Crippen LogP) is 2.05. The van der Waals surface area contributed by atoms with Gasteiger partial charge in [0.1, 0.15) is 11.0 Å². The molecule has 0 aliphatic carbocycles. The third kappa shape index (κ3) is 2.62. The van der Waals surface area contributed by atoms with Crippen LogP contribution < -0.4 is 0 Å².